The van der Waals surface area contributed by atoms with E-state index in [0.29, 0.717) is 5.92 Å². The molecular formula is C13H24O. The van der Waals surface area contributed by atoms with Crippen molar-refractivity contribution in [1.29, 1.82) is 0 Å². The van der Waals surface area contributed by atoms with E-state index in [1.807, 2.05) is 0 Å². The van der Waals surface area contributed by atoms with Gasteiger partial charge in [0.05, 0.1) is 0 Å². The van der Waals surface area contributed by atoms with Crippen LogP contribution in [0, 0.1) is 17.8 Å². The van der Waals surface area contributed by atoms with E-state index in [1.165, 1.54) is 12.8 Å². The highest BCUT2D eigenvalue weighted by Gasteiger charge is 2.21. The minimum absolute atomic E-state index is 0.248. The predicted octanol–water partition coefficient (Wildman–Crippen LogP) is 3.63. The molecule has 0 fully saturated rings. The van der Waals surface area contributed by atoms with E-state index < -0.39 is 0 Å². The van der Waals surface area contributed by atoms with Crippen LogP contribution >= 0.6 is 0 Å². The van der Waals surface area contributed by atoms with Crippen molar-refractivity contribution in [2.45, 2.75) is 59.0 Å². The van der Waals surface area contributed by atoms with Crippen LogP contribution in [0.2, 0.25) is 0 Å². The van der Waals surface area contributed by atoms with Crippen molar-refractivity contribution in [3.63, 3.8) is 0 Å². The van der Waals surface area contributed by atoms with Crippen LogP contribution in [0.4, 0.5) is 0 Å². The Bertz CT molecular complexity index is 197. The molecule has 1 heteroatoms. The summed E-state index contributed by atoms with van der Waals surface area (Å²) < 4.78 is 5.46. The van der Waals surface area contributed by atoms with E-state index in [-0.39, 0.29) is 5.60 Å². The summed E-state index contributed by atoms with van der Waals surface area (Å²) in [4.78, 5) is 0. The van der Waals surface area contributed by atoms with Crippen molar-refractivity contribution < 1.29 is 4.74 Å². The Hall–Kier alpha value is -0.480. The fourth-order valence-electron chi connectivity index (χ4n) is 1.48. The molecule has 0 bridgehead atoms. The molecule has 0 aliphatic rings. The van der Waals surface area contributed by atoms with Crippen molar-refractivity contribution in [2.75, 3.05) is 7.11 Å². The molecule has 0 radical (unpaired) electrons. The lowest BCUT2D eigenvalue weighted by Crippen LogP contribution is -2.27. The van der Waals surface area contributed by atoms with Gasteiger partial charge in [0.25, 0.3) is 0 Å². The van der Waals surface area contributed by atoms with Crippen LogP contribution in [0.25, 0.3) is 0 Å². The largest absolute Gasteiger partial charge is 0.366 e. The van der Waals surface area contributed by atoms with E-state index in [9.17, 15) is 0 Å². The summed E-state index contributed by atoms with van der Waals surface area (Å²) in [7, 11) is 1.75. The second-order valence-electron chi connectivity index (χ2n) is 4.44. The first kappa shape index (κ1) is 13.5. The lowest BCUT2D eigenvalue weighted by molar-refractivity contribution is 0.0395. The lowest BCUT2D eigenvalue weighted by atomic mass is 9.94. The van der Waals surface area contributed by atoms with Gasteiger partial charge in [-0.3, -0.25) is 0 Å². The zero-order valence-electron chi connectivity index (χ0n) is 10.3. The molecule has 0 N–H and O–H groups in total. The fraction of sp³-hybridized carbons (Fsp3) is 0.846. The second-order valence-corrected chi connectivity index (χ2v) is 4.44. The van der Waals surface area contributed by atoms with Crippen LogP contribution in [0.1, 0.15) is 53.4 Å². The molecule has 0 spiro atoms. The van der Waals surface area contributed by atoms with Crippen molar-refractivity contribution in [3.05, 3.63) is 0 Å². The van der Waals surface area contributed by atoms with Crippen LogP contribution in [-0.4, -0.2) is 12.7 Å². The smallest absolute Gasteiger partial charge is 0.125 e. The summed E-state index contributed by atoms with van der Waals surface area (Å²) in [5, 5.41) is 0. The van der Waals surface area contributed by atoms with Crippen molar-refractivity contribution in [3.8, 4) is 11.8 Å². The van der Waals surface area contributed by atoms with Crippen molar-refractivity contribution >= 4 is 0 Å². The van der Waals surface area contributed by atoms with E-state index in [4.69, 9.17) is 4.74 Å². The average molecular weight is 196 g/mol. The molecule has 1 unspecified atom stereocenters. The third kappa shape index (κ3) is 6.05. The molecule has 14 heavy (non-hydrogen) atoms. The molecule has 0 saturated heterocycles. The molecule has 0 aromatic rings. The molecule has 0 aromatic carbocycles. The maximum Gasteiger partial charge on any atom is 0.125 e. The summed E-state index contributed by atoms with van der Waals surface area (Å²) in [6, 6.07) is 0. The topological polar surface area (TPSA) is 9.23 Å². The van der Waals surface area contributed by atoms with Gasteiger partial charge in [0, 0.05) is 13.5 Å². The minimum Gasteiger partial charge on any atom is -0.366 e. The van der Waals surface area contributed by atoms with E-state index in [0.717, 1.165) is 12.8 Å². The van der Waals surface area contributed by atoms with Crippen LogP contribution in [0.3, 0.4) is 0 Å². The van der Waals surface area contributed by atoms with E-state index in [1.54, 1.807) is 7.11 Å². The van der Waals surface area contributed by atoms with Gasteiger partial charge in [-0.25, -0.2) is 0 Å². The summed E-state index contributed by atoms with van der Waals surface area (Å²) in [5.41, 5.74) is -0.248. The van der Waals surface area contributed by atoms with Gasteiger partial charge >= 0.3 is 0 Å². The first-order chi connectivity index (χ1) is 6.54. The van der Waals surface area contributed by atoms with E-state index in [2.05, 4.69) is 39.5 Å². The molecule has 0 amide bonds. The number of hydrogen-bond donors (Lipinski definition) is 0. The first-order valence-electron chi connectivity index (χ1n) is 5.59. The number of hydrogen-bond acceptors (Lipinski definition) is 1. The normalized spacial score (nSPS) is 14.7. The number of unbranched alkanes of at least 4 members (excludes halogenated alkanes) is 2. The summed E-state index contributed by atoms with van der Waals surface area (Å²) in [6.45, 7) is 8.66. The van der Waals surface area contributed by atoms with Gasteiger partial charge in [0.1, 0.15) is 5.60 Å². The van der Waals surface area contributed by atoms with Gasteiger partial charge in [0.15, 0.2) is 0 Å². The van der Waals surface area contributed by atoms with Gasteiger partial charge in [-0.1, -0.05) is 33.1 Å². The monoisotopic (exact) mass is 196 g/mol. The van der Waals surface area contributed by atoms with Gasteiger partial charge < -0.3 is 4.74 Å². The number of ether oxygens (including phenoxy) is 1. The Morgan fingerprint density at radius 3 is 2.43 bits per heavy atom. The maximum atomic E-state index is 5.46. The first-order valence-corrected chi connectivity index (χ1v) is 5.59. The molecule has 1 atom stereocenters. The fourth-order valence-corrected chi connectivity index (χ4v) is 1.48. The molecule has 0 aliphatic carbocycles. The maximum absolute atomic E-state index is 5.46. The molecule has 1 nitrogen and oxygen atoms in total. The highest BCUT2D eigenvalue weighted by Crippen LogP contribution is 2.19. The summed E-state index contributed by atoms with van der Waals surface area (Å²) in [5.74, 6) is 7.07. The van der Waals surface area contributed by atoms with Gasteiger partial charge in [-0.05, 0) is 25.7 Å². The van der Waals surface area contributed by atoms with Gasteiger partial charge in [-0.15, -0.1) is 5.92 Å². The Morgan fingerprint density at radius 1 is 1.36 bits per heavy atom. The van der Waals surface area contributed by atoms with Crippen molar-refractivity contribution in [1.82, 2.24) is 0 Å². The number of rotatable bonds is 5. The van der Waals surface area contributed by atoms with Crippen LogP contribution < -0.4 is 0 Å². The SMILES string of the molecule is CCCCC#CC(C)(CC(C)C)OC. The van der Waals surface area contributed by atoms with Gasteiger partial charge in [0.2, 0.25) is 0 Å². The van der Waals surface area contributed by atoms with Crippen LogP contribution in [0.15, 0.2) is 0 Å². The molecular weight excluding hydrogens is 172 g/mol. The zero-order valence-corrected chi connectivity index (χ0v) is 10.3. The third-order valence-electron chi connectivity index (χ3n) is 2.26. The lowest BCUT2D eigenvalue weighted by Gasteiger charge is -2.23. The van der Waals surface area contributed by atoms with Crippen LogP contribution in [-0.2, 0) is 4.74 Å². The standard InChI is InChI=1S/C13H24O/c1-6-7-8-9-10-13(4,14-5)11-12(2)3/h12H,6-8,11H2,1-5H3. The van der Waals surface area contributed by atoms with E-state index >= 15 is 0 Å². The van der Waals surface area contributed by atoms with Gasteiger partial charge in [-0.2, -0.15) is 0 Å². The Labute approximate surface area is 89.2 Å². The Balaban J connectivity index is 4.13. The average Bonchev–Trinajstić information content (AvgIpc) is 2.11. The van der Waals surface area contributed by atoms with Crippen molar-refractivity contribution in [2.24, 2.45) is 5.92 Å². The van der Waals surface area contributed by atoms with Crippen LogP contribution in [0.5, 0.6) is 0 Å². The third-order valence-corrected chi connectivity index (χ3v) is 2.26. The molecule has 82 valence electrons. The zero-order chi connectivity index (χ0) is 11.0. The Kier molecular flexibility index (Phi) is 6.66. The number of methoxy groups -OCH3 is 1. The molecule has 0 aliphatic heterocycles. The highest BCUT2D eigenvalue weighted by atomic mass is 16.5. The minimum atomic E-state index is -0.248. The second kappa shape index (κ2) is 6.90. The Morgan fingerprint density at radius 2 is 2.00 bits per heavy atom. The summed E-state index contributed by atoms with van der Waals surface area (Å²) >= 11 is 0. The molecule has 0 saturated carbocycles. The quantitative estimate of drug-likeness (QED) is 0.482. The summed E-state index contributed by atoms with van der Waals surface area (Å²) in [6.07, 6.45) is 4.40. The highest BCUT2D eigenvalue weighted by molar-refractivity contribution is 5.12. The molecule has 0 rings (SSSR count). The molecule has 0 aromatic heterocycles. The molecule has 0 heterocycles. The predicted molar refractivity (Wildman–Crippen MR) is 62.2 cm³/mol.